The van der Waals surface area contributed by atoms with E-state index in [1.807, 2.05) is 20.8 Å². The van der Waals surface area contributed by atoms with E-state index in [-0.39, 0.29) is 11.5 Å². The number of amides is 2. The monoisotopic (exact) mass is 406 g/mol. The number of nitrogen functional groups attached to an aromatic ring is 1. The van der Waals surface area contributed by atoms with E-state index in [0.717, 1.165) is 42.5 Å². The highest BCUT2D eigenvalue weighted by Gasteiger charge is 2.28. The van der Waals surface area contributed by atoms with Crippen LogP contribution in [-0.2, 0) is 5.41 Å². The van der Waals surface area contributed by atoms with Crippen LogP contribution in [0.3, 0.4) is 0 Å². The van der Waals surface area contributed by atoms with Crippen LogP contribution in [0, 0.1) is 11.6 Å². The van der Waals surface area contributed by atoms with Crippen molar-refractivity contribution in [3.8, 4) is 5.69 Å². The van der Waals surface area contributed by atoms with Crippen LogP contribution in [0.25, 0.3) is 5.69 Å². The highest BCUT2D eigenvalue weighted by molar-refractivity contribution is 5.93. The van der Waals surface area contributed by atoms with Crippen LogP contribution in [0.5, 0.6) is 0 Å². The molecule has 1 saturated heterocycles. The predicted octanol–water partition coefficient (Wildman–Crippen LogP) is 3.25. The van der Waals surface area contributed by atoms with E-state index in [0.29, 0.717) is 17.9 Å². The molecule has 3 rings (SSSR count). The molecule has 0 saturated carbocycles. The number of nitrogens with one attached hydrogen (secondary N) is 2. The summed E-state index contributed by atoms with van der Waals surface area (Å²) in [5.41, 5.74) is 6.36. The molecule has 0 bridgehead atoms. The number of carbonyl (C=O) groups is 1. The highest BCUT2D eigenvalue weighted by Crippen LogP contribution is 2.35. The van der Waals surface area contributed by atoms with Crippen LogP contribution in [0.2, 0.25) is 0 Å². The van der Waals surface area contributed by atoms with E-state index in [1.165, 1.54) is 12.8 Å². The fraction of sp³-hybridized carbons (Fsp3) is 0.500. The number of nitrogens with zero attached hydrogens (tertiary/aromatic N) is 3. The van der Waals surface area contributed by atoms with Crippen LogP contribution in [0.4, 0.5) is 25.1 Å². The Bertz CT molecular complexity index is 884. The zero-order valence-electron chi connectivity index (χ0n) is 17.1. The smallest absolute Gasteiger partial charge is 0.319 e. The summed E-state index contributed by atoms with van der Waals surface area (Å²) in [6.45, 7) is 9.09. The van der Waals surface area contributed by atoms with Gasteiger partial charge in [-0.2, -0.15) is 5.10 Å². The molecule has 0 spiro atoms. The lowest BCUT2D eigenvalue weighted by Crippen LogP contribution is -2.36. The van der Waals surface area contributed by atoms with Gasteiger partial charge in [-0.1, -0.05) is 20.8 Å². The molecule has 0 atom stereocenters. The third kappa shape index (κ3) is 4.84. The number of anilines is 2. The second-order valence-electron chi connectivity index (χ2n) is 8.30. The average molecular weight is 406 g/mol. The number of aromatic nitrogens is 2. The van der Waals surface area contributed by atoms with Gasteiger partial charge in [-0.3, -0.25) is 0 Å². The van der Waals surface area contributed by atoms with Gasteiger partial charge in [0, 0.05) is 24.6 Å². The Morgan fingerprint density at radius 3 is 2.59 bits per heavy atom. The Morgan fingerprint density at radius 2 is 1.93 bits per heavy atom. The molecule has 29 heavy (non-hydrogen) atoms. The van der Waals surface area contributed by atoms with Gasteiger partial charge >= 0.3 is 6.03 Å². The van der Waals surface area contributed by atoms with Gasteiger partial charge in [0.2, 0.25) is 0 Å². The van der Waals surface area contributed by atoms with E-state index in [4.69, 9.17) is 5.73 Å². The standard InChI is InChI=1S/C20H28F2N6O/c1-20(2,3)17-16(25-19(29)24-8-11-27-9-4-5-10-27)18(23)28(26-17)15-12-13(21)6-7-14(15)22/h6-7,12H,4-5,8-11,23H2,1-3H3,(H2,24,25,29). The number of urea groups is 1. The number of likely N-dealkylation sites (tertiary alicyclic amines) is 1. The number of halogens is 2. The molecule has 9 heteroatoms. The molecule has 1 aromatic carbocycles. The lowest BCUT2D eigenvalue weighted by Gasteiger charge is -2.18. The second kappa shape index (κ2) is 8.36. The molecular formula is C20H28F2N6O. The Kier molecular flexibility index (Phi) is 6.07. The van der Waals surface area contributed by atoms with Crippen molar-refractivity contribution in [1.29, 1.82) is 0 Å². The first kappa shape index (κ1) is 21.0. The first-order valence-electron chi connectivity index (χ1n) is 9.78. The minimum atomic E-state index is -0.664. The molecular weight excluding hydrogens is 378 g/mol. The molecule has 0 radical (unpaired) electrons. The van der Waals surface area contributed by atoms with Gasteiger partial charge in [-0.05, 0) is 38.1 Å². The van der Waals surface area contributed by atoms with Crippen LogP contribution < -0.4 is 16.4 Å². The van der Waals surface area contributed by atoms with Gasteiger partial charge < -0.3 is 21.3 Å². The Hall–Kier alpha value is -2.68. The van der Waals surface area contributed by atoms with Crippen molar-refractivity contribution in [1.82, 2.24) is 20.0 Å². The number of hydrogen-bond acceptors (Lipinski definition) is 4. The molecule has 2 heterocycles. The summed E-state index contributed by atoms with van der Waals surface area (Å²) < 4.78 is 29.0. The number of carbonyl (C=O) groups excluding carboxylic acids is 1. The minimum absolute atomic E-state index is 0.0362. The van der Waals surface area contributed by atoms with Gasteiger partial charge in [-0.25, -0.2) is 18.3 Å². The number of benzene rings is 1. The van der Waals surface area contributed by atoms with Crippen molar-refractivity contribution in [2.75, 3.05) is 37.2 Å². The maximum Gasteiger partial charge on any atom is 0.319 e. The van der Waals surface area contributed by atoms with E-state index in [2.05, 4.69) is 20.6 Å². The predicted molar refractivity (Wildman–Crippen MR) is 109 cm³/mol. The molecule has 1 aliphatic rings. The Balaban J connectivity index is 1.82. The Morgan fingerprint density at radius 1 is 1.24 bits per heavy atom. The first-order chi connectivity index (χ1) is 13.7. The van der Waals surface area contributed by atoms with Crippen LogP contribution in [0.15, 0.2) is 18.2 Å². The SMILES string of the molecule is CC(C)(C)c1nn(-c2cc(F)ccc2F)c(N)c1NC(=O)NCCN1CCCC1. The van der Waals surface area contributed by atoms with Crippen LogP contribution >= 0.6 is 0 Å². The topological polar surface area (TPSA) is 88.2 Å². The molecule has 0 unspecified atom stereocenters. The van der Waals surface area contributed by atoms with Crippen LogP contribution in [0.1, 0.15) is 39.3 Å². The molecule has 2 aromatic rings. The van der Waals surface area contributed by atoms with E-state index in [9.17, 15) is 13.6 Å². The average Bonchev–Trinajstić information content (AvgIpc) is 3.26. The van der Waals surface area contributed by atoms with Gasteiger partial charge in [0.15, 0.2) is 5.82 Å². The third-order valence-corrected chi connectivity index (χ3v) is 4.92. The lowest BCUT2D eigenvalue weighted by atomic mass is 9.91. The van der Waals surface area contributed by atoms with Crippen molar-refractivity contribution >= 4 is 17.5 Å². The zero-order chi connectivity index (χ0) is 21.2. The summed E-state index contributed by atoms with van der Waals surface area (Å²) >= 11 is 0. The molecule has 1 aliphatic heterocycles. The van der Waals surface area contributed by atoms with Gasteiger partial charge in [0.1, 0.15) is 23.0 Å². The molecule has 7 nitrogen and oxygen atoms in total. The van der Waals surface area contributed by atoms with Crippen molar-refractivity contribution in [3.05, 3.63) is 35.5 Å². The summed E-state index contributed by atoms with van der Waals surface area (Å²) in [7, 11) is 0. The molecule has 2 amide bonds. The summed E-state index contributed by atoms with van der Waals surface area (Å²) in [5.74, 6) is -1.24. The lowest BCUT2D eigenvalue weighted by molar-refractivity contribution is 0.249. The maximum absolute atomic E-state index is 14.3. The molecule has 1 aromatic heterocycles. The van der Waals surface area contributed by atoms with Gasteiger partial charge in [0.05, 0.1) is 5.69 Å². The van der Waals surface area contributed by atoms with Crippen molar-refractivity contribution in [2.24, 2.45) is 0 Å². The summed E-state index contributed by atoms with van der Waals surface area (Å²) in [4.78, 5) is 14.7. The van der Waals surface area contributed by atoms with Crippen molar-refractivity contribution in [3.63, 3.8) is 0 Å². The Labute approximate surface area is 169 Å². The first-order valence-corrected chi connectivity index (χ1v) is 9.78. The molecule has 158 valence electrons. The number of rotatable bonds is 5. The van der Waals surface area contributed by atoms with Crippen molar-refractivity contribution < 1.29 is 13.6 Å². The summed E-state index contributed by atoms with van der Waals surface area (Å²) in [5, 5.41) is 9.94. The quantitative estimate of drug-likeness (QED) is 0.711. The molecule has 0 aliphatic carbocycles. The zero-order valence-corrected chi connectivity index (χ0v) is 17.1. The third-order valence-electron chi connectivity index (χ3n) is 4.92. The summed E-state index contributed by atoms with van der Waals surface area (Å²) in [6.07, 6.45) is 2.38. The van der Waals surface area contributed by atoms with E-state index < -0.39 is 23.1 Å². The van der Waals surface area contributed by atoms with Crippen LogP contribution in [-0.4, -0.2) is 46.9 Å². The number of nitrogens with two attached hydrogens (primary N) is 1. The van der Waals surface area contributed by atoms with Crippen molar-refractivity contribution in [2.45, 2.75) is 39.0 Å². The largest absolute Gasteiger partial charge is 0.382 e. The minimum Gasteiger partial charge on any atom is -0.382 e. The maximum atomic E-state index is 14.3. The molecule has 1 fully saturated rings. The van der Waals surface area contributed by atoms with Gasteiger partial charge in [0.25, 0.3) is 0 Å². The van der Waals surface area contributed by atoms with E-state index in [1.54, 1.807) is 0 Å². The summed E-state index contributed by atoms with van der Waals surface area (Å²) in [6, 6.07) is 2.64. The van der Waals surface area contributed by atoms with E-state index >= 15 is 0 Å². The second-order valence-corrected chi connectivity index (χ2v) is 8.30. The fourth-order valence-corrected chi connectivity index (χ4v) is 3.40. The fourth-order valence-electron chi connectivity index (χ4n) is 3.40. The normalized spacial score (nSPS) is 14.9. The highest BCUT2D eigenvalue weighted by atomic mass is 19.1. The number of hydrogen-bond donors (Lipinski definition) is 3. The van der Waals surface area contributed by atoms with Gasteiger partial charge in [-0.15, -0.1) is 0 Å². The molecule has 4 N–H and O–H groups in total.